The summed E-state index contributed by atoms with van der Waals surface area (Å²) in [4.78, 5) is 43.8. The normalized spacial score (nSPS) is 13.9. The maximum absolute atomic E-state index is 12.1. The molecule has 0 unspecified atom stereocenters. The van der Waals surface area contributed by atoms with Gasteiger partial charge in [-0.25, -0.2) is 9.78 Å². The molecule has 3 N–H and O–H groups in total. The summed E-state index contributed by atoms with van der Waals surface area (Å²) in [6, 6.07) is 14.3. The number of aromatic nitrogens is 2. The zero-order chi connectivity index (χ0) is 18.1. The number of benzene rings is 2. The van der Waals surface area contributed by atoms with E-state index >= 15 is 0 Å². The molecule has 0 aliphatic carbocycles. The number of anilines is 1. The van der Waals surface area contributed by atoms with Crippen LogP contribution in [0, 0.1) is 0 Å². The number of nitrogens with one attached hydrogen (secondary N) is 3. The number of carbonyl (C=O) groups is 3. The lowest BCUT2D eigenvalue weighted by molar-refractivity contribution is -0.128. The van der Waals surface area contributed by atoms with Gasteiger partial charge in [-0.1, -0.05) is 24.3 Å². The number of hydrogen-bond acceptors (Lipinski definition) is 4. The highest BCUT2D eigenvalue weighted by Gasteiger charge is 2.30. The second-order valence-electron chi connectivity index (χ2n) is 5.87. The summed E-state index contributed by atoms with van der Waals surface area (Å²) in [6.45, 7) is -0.396. The van der Waals surface area contributed by atoms with Gasteiger partial charge in [0.15, 0.2) is 0 Å². The molecule has 4 amide bonds. The van der Waals surface area contributed by atoms with Crippen molar-refractivity contribution >= 4 is 34.6 Å². The van der Waals surface area contributed by atoms with Gasteiger partial charge in [-0.05, 0) is 24.3 Å². The number of hydrogen-bond donors (Lipinski definition) is 3. The van der Waals surface area contributed by atoms with Gasteiger partial charge >= 0.3 is 6.03 Å². The number of fused-ring (bicyclic) bond motifs is 1. The minimum atomic E-state index is -0.554. The van der Waals surface area contributed by atoms with E-state index in [0.717, 1.165) is 21.5 Å². The first kappa shape index (κ1) is 15.8. The van der Waals surface area contributed by atoms with Gasteiger partial charge in [0.25, 0.3) is 5.91 Å². The van der Waals surface area contributed by atoms with Gasteiger partial charge in [-0.3, -0.25) is 14.5 Å². The third-order valence-corrected chi connectivity index (χ3v) is 4.05. The molecule has 130 valence electrons. The Morgan fingerprint density at radius 1 is 1.15 bits per heavy atom. The van der Waals surface area contributed by atoms with Crippen LogP contribution in [-0.2, 0) is 9.59 Å². The number of urea groups is 1. The number of H-pyrrole nitrogens is 1. The molecule has 1 aliphatic heterocycles. The first-order chi connectivity index (χ1) is 12.6. The topological polar surface area (TPSA) is 107 Å². The van der Waals surface area contributed by atoms with Gasteiger partial charge in [0, 0.05) is 11.3 Å². The molecule has 8 heteroatoms. The van der Waals surface area contributed by atoms with E-state index in [0.29, 0.717) is 11.5 Å². The molecule has 8 nitrogen and oxygen atoms in total. The predicted octanol–water partition coefficient (Wildman–Crippen LogP) is 1.72. The summed E-state index contributed by atoms with van der Waals surface area (Å²) in [5.41, 5.74) is 3.15. The lowest BCUT2D eigenvalue weighted by Gasteiger charge is -2.12. The van der Waals surface area contributed by atoms with Crippen LogP contribution >= 0.6 is 0 Å². The van der Waals surface area contributed by atoms with Crippen molar-refractivity contribution < 1.29 is 14.4 Å². The number of amides is 4. The number of aromatic amines is 1. The fourth-order valence-electron chi connectivity index (χ4n) is 2.79. The van der Waals surface area contributed by atoms with E-state index in [1.165, 1.54) is 0 Å². The first-order valence-corrected chi connectivity index (χ1v) is 8.03. The molecule has 0 atom stereocenters. The highest BCUT2D eigenvalue weighted by molar-refractivity contribution is 6.06. The number of nitrogens with zero attached hydrogens (tertiary/aromatic N) is 2. The van der Waals surface area contributed by atoms with Crippen LogP contribution in [0.2, 0.25) is 0 Å². The molecule has 1 aliphatic rings. The molecule has 2 aromatic carbocycles. The van der Waals surface area contributed by atoms with Crippen LogP contribution < -0.4 is 10.6 Å². The first-order valence-electron chi connectivity index (χ1n) is 8.03. The predicted molar refractivity (Wildman–Crippen MR) is 95.3 cm³/mol. The standard InChI is InChI=1S/C18H15N5O3/c24-15(10-23-16(25)9-19-18(23)26)20-12-5-3-4-11(8-12)17-21-13-6-1-2-7-14(13)22-17/h1-8H,9-10H2,(H,19,26)(H,20,24)(H,21,22). The fourth-order valence-corrected chi connectivity index (χ4v) is 2.79. The Labute approximate surface area is 148 Å². The number of para-hydroxylation sites is 2. The quantitative estimate of drug-likeness (QED) is 0.623. The Morgan fingerprint density at radius 3 is 2.77 bits per heavy atom. The van der Waals surface area contributed by atoms with Crippen molar-refractivity contribution in [3.05, 3.63) is 48.5 Å². The summed E-state index contributed by atoms with van der Waals surface area (Å²) >= 11 is 0. The number of imide groups is 1. The molecule has 0 bridgehead atoms. The minimum Gasteiger partial charge on any atom is -0.338 e. The van der Waals surface area contributed by atoms with Crippen LogP contribution in [-0.4, -0.2) is 45.8 Å². The maximum atomic E-state index is 12.1. The van der Waals surface area contributed by atoms with E-state index in [2.05, 4.69) is 20.6 Å². The molecular formula is C18H15N5O3. The Morgan fingerprint density at radius 2 is 2.00 bits per heavy atom. The van der Waals surface area contributed by atoms with Gasteiger partial charge in [-0.2, -0.15) is 0 Å². The van der Waals surface area contributed by atoms with Crippen LogP contribution in [0.3, 0.4) is 0 Å². The van der Waals surface area contributed by atoms with Crippen LogP contribution in [0.15, 0.2) is 48.5 Å². The van der Waals surface area contributed by atoms with Gasteiger partial charge in [0.05, 0.1) is 17.6 Å². The zero-order valence-electron chi connectivity index (χ0n) is 13.7. The Bertz CT molecular complexity index is 977. The van der Waals surface area contributed by atoms with Crippen molar-refractivity contribution in [1.82, 2.24) is 20.2 Å². The van der Waals surface area contributed by atoms with E-state index < -0.39 is 17.8 Å². The second-order valence-corrected chi connectivity index (χ2v) is 5.87. The average Bonchev–Trinajstić information content (AvgIpc) is 3.20. The lowest BCUT2D eigenvalue weighted by Crippen LogP contribution is -2.38. The smallest absolute Gasteiger partial charge is 0.325 e. The van der Waals surface area contributed by atoms with E-state index in [1.807, 2.05) is 30.3 Å². The van der Waals surface area contributed by atoms with E-state index in [-0.39, 0.29) is 13.1 Å². The fraction of sp³-hybridized carbons (Fsp3) is 0.111. The highest BCUT2D eigenvalue weighted by Crippen LogP contribution is 2.23. The summed E-state index contributed by atoms with van der Waals surface area (Å²) in [7, 11) is 0. The van der Waals surface area contributed by atoms with Crippen molar-refractivity contribution in [2.45, 2.75) is 0 Å². The summed E-state index contributed by atoms with van der Waals surface area (Å²) in [5, 5.41) is 5.08. The molecule has 2 heterocycles. The summed E-state index contributed by atoms with van der Waals surface area (Å²) in [5.74, 6) is -0.172. The van der Waals surface area contributed by atoms with Gasteiger partial charge < -0.3 is 15.6 Å². The van der Waals surface area contributed by atoms with Gasteiger partial charge in [-0.15, -0.1) is 0 Å². The molecular weight excluding hydrogens is 334 g/mol. The number of imidazole rings is 1. The molecule has 0 spiro atoms. The van der Waals surface area contributed by atoms with Gasteiger partial charge in [0.2, 0.25) is 5.91 Å². The molecule has 0 saturated carbocycles. The highest BCUT2D eigenvalue weighted by atomic mass is 16.2. The monoisotopic (exact) mass is 349 g/mol. The third kappa shape index (κ3) is 3.00. The Balaban J connectivity index is 1.51. The average molecular weight is 349 g/mol. The largest absolute Gasteiger partial charge is 0.338 e. The van der Waals surface area contributed by atoms with Crippen LogP contribution in [0.5, 0.6) is 0 Å². The molecule has 3 aromatic rings. The van der Waals surface area contributed by atoms with Crippen LogP contribution in [0.4, 0.5) is 10.5 Å². The van der Waals surface area contributed by atoms with Crippen molar-refractivity contribution in [3.8, 4) is 11.4 Å². The van der Waals surface area contributed by atoms with Crippen molar-refractivity contribution in [2.75, 3.05) is 18.4 Å². The molecule has 26 heavy (non-hydrogen) atoms. The molecule has 1 saturated heterocycles. The lowest BCUT2D eigenvalue weighted by atomic mass is 10.2. The molecule has 1 aromatic heterocycles. The summed E-state index contributed by atoms with van der Waals surface area (Å²) in [6.07, 6.45) is 0. The van der Waals surface area contributed by atoms with Crippen LogP contribution in [0.1, 0.15) is 0 Å². The third-order valence-electron chi connectivity index (χ3n) is 4.05. The van der Waals surface area contributed by atoms with Gasteiger partial charge in [0.1, 0.15) is 12.4 Å². The van der Waals surface area contributed by atoms with E-state index in [9.17, 15) is 14.4 Å². The van der Waals surface area contributed by atoms with E-state index in [4.69, 9.17) is 0 Å². The van der Waals surface area contributed by atoms with E-state index in [1.54, 1.807) is 18.2 Å². The number of rotatable bonds is 4. The summed E-state index contributed by atoms with van der Waals surface area (Å²) < 4.78 is 0. The van der Waals surface area contributed by atoms with Crippen molar-refractivity contribution in [1.29, 1.82) is 0 Å². The Hall–Kier alpha value is -3.68. The second kappa shape index (κ2) is 6.32. The minimum absolute atomic E-state index is 0.0757. The molecule has 0 radical (unpaired) electrons. The zero-order valence-corrected chi connectivity index (χ0v) is 13.7. The molecule has 1 fully saturated rings. The maximum Gasteiger partial charge on any atom is 0.325 e. The molecule has 4 rings (SSSR count). The van der Waals surface area contributed by atoms with Crippen molar-refractivity contribution in [2.24, 2.45) is 0 Å². The number of carbonyl (C=O) groups excluding carboxylic acids is 3. The van der Waals surface area contributed by atoms with Crippen LogP contribution in [0.25, 0.3) is 22.4 Å². The van der Waals surface area contributed by atoms with Crippen molar-refractivity contribution in [3.63, 3.8) is 0 Å². The Kier molecular flexibility index (Phi) is 3.85. The SMILES string of the molecule is O=C(CN1C(=O)CNC1=O)Nc1cccc(-c2nc3ccccc3[nH]2)c1.